The molecule has 2 aromatic carbocycles. The van der Waals surface area contributed by atoms with E-state index in [-0.39, 0.29) is 53.6 Å². The predicted molar refractivity (Wildman–Crippen MR) is 144 cm³/mol. The first-order chi connectivity index (χ1) is 19.7. The van der Waals surface area contributed by atoms with Gasteiger partial charge in [-0.3, -0.25) is 9.59 Å². The number of nitrogens with one attached hydrogen (secondary N) is 2. The zero-order valence-corrected chi connectivity index (χ0v) is 23.8. The van der Waals surface area contributed by atoms with Crippen molar-refractivity contribution >= 4 is 34.4 Å². The lowest BCUT2D eigenvalue weighted by molar-refractivity contribution is -0.121. The van der Waals surface area contributed by atoms with Gasteiger partial charge in [0.2, 0.25) is 5.89 Å². The van der Waals surface area contributed by atoms with Crippen LogP contribution < -0.4 is 30.4 Å². The van der Waals surface area contributed by atoms with Crippen molar-refractivity contribution in [1.29, 1.82) is 0 Å². The van der Waals surface area contributed by atoms with Crippen LogP contribution in [0.4, 0.5) is 17.6 Å². The Balaban J connectivity index is 0.00000506. The van der Waals surface area contributed by atoms with Crippen LogP contribution in [0.25, 0.3) is 11.5 Å². The molecule has 0 aliphatic heterocycles. The highest BCUT2D eigenvalue weighted by atomic mass is 35.5. The standard InChI is InChI=1S/C25H25F4N5O7S.ClH/c1-11(30)21-20(22(35)32-19(23(36)34-42(31,37)38)15-6-5-14(26)9-16(15)27)33-24(41-21)13-4-7-17(40-25(28)29)18(8-13)39-10-12-2-3-12;/h4-9,11-12,19,25H,2-3,10,30H2,1H3,(H,32,35)(H,34,36)(H2,31,37,38);1H/t11-,19?;/m0./s1. The summed E-state index contributed by atoms with van der Waals surface area (Å²) in [6.45, 7) is -1.42. The zero-order valence-electron chi connectivity index (χ0n) is 22.2. The topological polar surface area (TPSA) is 189 Å². The number of carbonyl (C=O) groups excluding carboxylic acids is 2. The van der Waals surface area contributed by atoms with Gasteiger partial charge in [0, 0.05) is 17.2 Å². The molecule has 3 aromatic rings. The van der Waals surface area contributed by atoms with E-state index in [9.17, 15) is 35.6 Å². The number of hydrogen-bond donors (Lipinski definition) is 4. The number of halogens is 5. The van der Waals surface area contributed by atoms with Gasteiger partial charge in [0.1, 0.15) is 17.7 Å². The fourth-order valence-corrected chi connectivity index (χ4v) is 4.18. The first kappa shape index (κ1) is 33.6. The normalized spacial score (nSPS) is 14.4. The monoisotopic (exact) mass is 651 g/mol. The number of alkyl halides is 2. The summed E-state index contributed by atoms with van der Waals surface area (Å²) in [4.78, 5) is 30.1. The molecule has 12 nitrogen and oxygen atoms in total. The van der Waals surface area contributed by atoms with Crippen molar-refractivity contribution in [2.75, 3.05) is 6.61 Å². The maximum Gasteiger partial charge on any atom is 0.387 e. The SMILES string of the molecule is C[C@H](N)c1oc(-c2ccc(OC(F)F)c(OCC3CC3)c2)nc1C(=O)NC(C(=O)NS(N)(=O)=O)c1ccc(F)cc1F.Cl. The molecule has 6 N–H and O–H groups in total. The lowest BCUT2D eigenvalue weighted by Crippen LogP contribution is -2.45. The molecule has 18 heteroatoms. The van der Waals surface area contributed by atoms with Gasteiger partial charge in [-0.15, -0.1) is 12.4 Å². The molecule has 2 atom stereocenters. The molecular formula is C25H26ClF4N5O7S. The minimum absolute atomic E-state index is 0. The molecule has 234 valence electrons. The van der Waals surface area contributed by atoms with E-state index in [1.165, 1.54) is 29.8 Å². The van der Waals surface area contributed by atoms with Crippen molar-refractivity contribution in [2.24, 2.45) is 16.8 Å². The predicted octanol–water partition coefficient (Wildman–Crippen LogP) is 3.24. The number of nitrogens with two attached hydrogens (primary N) is 2. The van der Waals surface area contributed by atoms with Crippen molar-refractivity contribution in [1.82, 2.24) is 15.0 Å². The fourth-order valence-electron chi connectivity index (χ4n) is 3.78. The van der Waals surface area contributed by atoms with E-state index in [1.54, 1.807) is 0 Å². The first-order valence-corrected chi connectivity index (χ1v) is 13.8. The summed E-state index contributed by atoms with van der Waals surface area (Å²) < 4.78 is 94.0. The summed E-state index contributed by atoms with van der Waals surface area (Å²) in [5.74, 6) is -5.28. The van der Waals surface area contributed by atoms with E-state index in [4.69, 9.17) is 20.0 Å². The van der Waals surface area contributed by atoms with Crippen molar-refractivity contribution in [3.63, 3.8) is 0 Å². The number of oxazole rings is 1. The fraction of sp³-hybridized carbons (Fsp3) is 0.320. The van der Waals surface area contributed by atoms with Crippen LogP contribution in [0.2, 0.25) is 0 Å². The van der Waals surface area contributed by atoms with E-state index < -0.39 is 63.6 Å². The first-order valence-electron chi connectivity index (χ1n) is 12.3. The van der Waals surface area contributed by atoms with Crippen LogP contribution in [0.5, 0.6) is 11.5 Å². The molecule has 1 fully saturated rings. The third-order valence-corrected chi connectivity index (χ3v) is 6.40. The Hall–Kier alpha value is -3.93. The van der Waals surface area contributed by atoms with Gasteiger partial charge in [-0.05, 0) is 49.9 Å². The summed E-state index contributed by atoms with van der Waals surface area (Å²) >= 11 is 0. The number of amides is 2. The minimum Gasteiger partial charge on any atom is -0.489 e. The van der Waals surface area contributed by atoms with Gasteiger partial charge in [0.05, 0.1) is 12.6 Å². The second-order valence-corrected chi connectivity index (χ2v) is 10.7. The number of aromatic nitrogens is 1. The van der Waals surface area contributed by atoms with Gasteiger partial charge < -0.3 is 24.9 Å². The highest BCUT2D eigenvalue weighted by molar-refractivity contribution is 7.87. The number of benzene rings is 2. The van der Waals surface area contributed by atoms with Crippen LogP contribution in [-0.4, -0.2) is 38.4 Å². The van der Waals surface area contributed by atoms with E-state index >= 15 is 0 Å². The molecule has 0 spiro atoms. The van der Waals surface area contributed by atoms with E-state index in [2.05, 4.69) is 15.0 Å². The molecule has 2 amide bonds. The average molecular weight is 652 g/mol. The molecule has 1 saturated carbocycles. The Morgan fingerprint density at radius 2 is 1.84 bits per heavy atom. The summed E-state index contributed by atoms with van der Waals surface area (Å²) in [6, 6.07) is 2.88. The maximum atomic E-state index is 14.6. The lowest BCUT2D eigenvalue weighted by Gasteiger charge is -2.18. The molecule has 1 heterocycles. The molecule has 43 heavy (non-hydrogen) atoms. The van der Waals surface area contributed by atoms with Crippen LogP contribution in [-0.2, 0) is 15.0 Å². The Morgan fingerprint density at radius 3 is 2.42 bits per heavy atom. The largest absolute Gasteiger partial charge is 0.489 e. The zero-order chi connectivity index (χ0) is 30.8. The quantitative estimate of drug-likeness (QED) is 0.213. The molecule has 0 radical (unpaired) electrons. The van der Waals surface area contributed by atoms with Gasteiger partial charge in [-0.25, -0.2) is 23.6 Å². The van der Waals surface area contributed by atoms with Gasteiger partial charge in [0.15, 0.2) is 23.0 Å². The molecule has 1 aliphatic rings. The molecule has 1 unspecified atom stereocenters. The second-order valence-electron chi connectivity index (χ2n) is 9.40. The Kier molecular flexibility index (Phi) is 10.6. The van der Waals surface area contributed by atoms with Crippen LogP contribution in [0, 0.1) is 17.6 Å². The second kappa shape index (κ2) is 13.6. The molecular weight excluding hydrogens is 626 g/mol. The highest BCUT2D eigenvalue weighted by Gasteiger charge is 2.32. The van der Waals surface area contributed by atoms with Crippen molar-refractivity contribution in [2.45, 2.75) is 38.5 Å². The Morgan fingerprint density at radius 1 is 1.14 bits per heavy atom. The van der Waals surface area contributed by atoms with Crippen LogP contribution in [0.3, 0.4) is 0 Å². The highest BCUT2D eigenvalue weighted by Crippen LogP contribution is 2.37. The van der Waals surface area contributed by atoms with Crippen LogP contribution in [0.15, 0.2) is 40.8 Å². The third kappa shape index (κ3) is 8.79. The van der Waals surface area contributed by atoms with Crippen molar-refractivity contribution in [3.05, 3.63) is 65.1 Å². The maximum absolute atomic E-state index is 14.6. The van der Waals surface area contributed by atoms with E-state index in [0.29, 0.717) is 6.07 Å². The number of hydrogen-bond acceptors (Lipinski definition) is 9. The summed E-state index contributed by atoms with van der Waals surface area (Å²) in [5.41, 5.74) is 5.06. The summed E-state index contributed by atoms with van der Waals surface area (Å²) in [5, 5.41) is 6.98. The third-order valence-electron chi connectivity index (χ3n) is 5.91. The van der Waals surface area contributed by atoms with Gasteiger partial charge in [-0.1, -0.05) is 6.07 Å². The average Bonchev–Trinajstić information content (AvgIpc) is 3.60. The number of rotatable bonds is 12. The molecule has 0 saturated heterocycles. The molecule has 4 rings (SSSR count). The van der Waals surface area contributed by atoms with Gasteiger partial charge in [0.25, 0.3) is 22.0 Å². The molecule has 1 aromatic heterocycles. The minimum atomic E-state index is -4.64. The lowest BCUT2D eigenvalue weighted by atomic mass is 10.0. The summed E-state index contributed by atoms with van der Waals surface area (Å²) in [7, 11) is -4.64. The van der Waals surface area contributed by atoms with Crippen molar-refractivity contribution < 1.29 is 49.5 Å². The van der Waals surface area contributed by atoms with E-state index in [0.717, 1.165) is 25.0 Å². The van der Waals surface area contributed by atoms with Crippen molar-refractivity contribution in [3.8, 4) is 23.0 Å². The van der Waals surface area contributed by atoms with Crippen LogP contribution in [0.1, 0.15) is 53.7 Å². The Labute approximate surface area is 248 Å². The molecule has 1 aliphatic carbocycles. The summed E-state index contributed by atoms with van der Waals surface area (Å²) in [6.07, 6.45) is 1.86. The number of carbonyl (C=O) groups is 2. The Bertz CT molecular complexity index is 1600. The molecule has 0 bridgehead atoms. The van der Waals surface area contributed by atoms with E-state index in [1.807, 2.05) is 0 Å². The van der Waals surface area contributed by atoms with Gasteiger partial charge >= 0.3 is 6.61 Å². The van der Waals surface area contributed by atoms with Gasteiger partial charge in [-0.2, -0.15) is 17.2 Å². The number of ether oxygens (including phenoxy) is 2. The van der Waals surface area contributed by atoms with Crippen LogP contribution >= 0.6 is 12.4 Å². The smallest absolute Gasteiger partial charge is 0.387 e. The number of nitrogens with zero attached hydrogens (tertiary/aromatic N) is 1.